The molecule has 172 valence electrons. The van der Waals surface area contributed by atoms with Gasteiger partial charge in [0.05, 0.1) is 4.92 Å². The highest BCUT2D eigenvalue weighted by Crippen LogP contribution is 2.33. The zero-order valence-corrected chi connectivity index (χ0v) is 19.1. The molecule has 1 aromatic heterocycles. The molecule has 0 aliphatic carbocycles. The van der Waals surface area contributed by atoms with E-state index in [-0.39, 0.29) is 10.6 Å². The average Bonchev–Trinajstić information content (AvgIpc) is 2.81. The lowest BCUT2D eigenvalue weighted by Crippen LogP contribution is -2.47. The van der Waals surface area contributed by atoms with Crippen LogP contribution in [0, 0.1) is 24.0 Å². The molecule has 0 atom stereocenters. The van der Waals surface area contributed by atoms with Crippen LogP contribution in [0.2, 0.25) is 0 Å². The first-order valence-electron chi connectivity index (χ1n) is 11.6. The molecule has 2 aromatic rings. The quantitative estimate of drug-likeness (QED) is 0.519. The predicted molar refractivity (Wildman–Crippen MR) is 128 cm³/mol. The Balaban J connectivity index is 1.43. The number of benzene rings is 1. The highest BCUT2D eigenvalue weighted by Gasteiger charge is 2.29. The Hall–Kier alpha value is -2.94. The van der Waals surface area contributed by atoms with Gasteiger partial charge in [-0.1, -0.05) is 18.6 Å². The Kier molecular flexibility index (Phi) is 7.04. The van der Waals surface area contributed by atoms with E-state index in [9.17, 15) is 10.1 Å². The summed E-state index contributed by atoms with van der Waals surface area (Å²) >= 11 is 0. The molecule has 1 aromatic carbocycles. The first kappa shape index (κ1) is 22.3. The molecule has 9 nitrogen and oxygen atoms in total. The van der Waals surface area contributed by atoms with Crippen LogP contribution in [0.1, 0.15) is 30.4 Å². The maximum atomic E-state index is 12.0. The third-order valence-corrected chi connectivity index (χ3v) is 6.65. The maximum Gasteiger partial charge on any atom is 0.353 e. The van der Waals surface area contributed by atoms with Gasteiger partial charge >= 0.3 is 5.69 Å². The van der Waals surface area contributed by atoms with Gasteiger partial charge in [0.25, 0.3) is 0 Å². The number of nitrogens with one attached hydrogen (secondary N) is 1. The number of aromatic nitrogens is 2. The summed E-state index contributed by atoms with van der Waals surface area (Å²) in [6.45, 7) is 10.9. The summed E-state index contributed by atoms with van der Waals surface area (Å²) in [7, 11) is 0. The third-order valence-electron chi connectivity index (χ3n) is 6.65. The zero-order valence-electron chi connectivity index (χ0n) is 19.1. The fourth-order valence-electron chi connectivity index (χ4n) is 4.65. The van der Waals surface area contributed by atoms with Crippen molar-refractivity contribution in [3.05, 3.63) is 45.8 Å². The van der Waals surface area contributed by atoms with Crippen LogP contribution in [0.3, 0.4) is 0 Å². The van der Waals surface area contributed by atoms with Gasteiger partial charge in [0, 0.05) is 45.0 Å². The lowest BCUT2D eigenvalue weighted by molar-refractivity contribution is -0.383. The molecule has 0 spiro atoms. The van der Waals surface area contributed by atoms with E-state index in [2.05, 4.69) is 57.1 Å². The number of piperidine rings is 1. The Morgan fingerprint density at radius 3 is 2.44 bits per heavy atom. The SMILES string of the molecule is Cc1cccc(N2CCN(c3ncnc(NCCN4CCCCC4)c3[N+](=O)[O-])CC2)c1C. The summed E-state index contributed by atoms with van der Waals surface area (Å²) in [5.41, 5.74) is 3.78. The van der Waals surface area contributed by atoms with E-state index in [0.29, 0.717) is 31.3 Å². The van der Waals surface area contributed by atoms with E-state index in [1.54, 1.807) is 0 Å². The van der Waals surface area contributed by atoms with Crippen LogP contribution in [-0.4, -0.2) is 72.1 Å². The van der Waals surface area contributed by atoms with Crippen LogP contribution in [-0.2, 0) is 0 Å². The molecule has 9 heteroatoms. The van der Waals surface area contributed by atoms with Crippen LogP contribution < -0.4 is 15.1 Å². The molecule has 0 radical (unpaired) electrons. The lowest BCUT2D eigenvalue weighted by atomic mass is 10.1. The van der Waals surface area contributed by atoms with Crippen LogP contribution in [0.4, 0.5) is 23.0 Å². The van der Waals surface area contributed by atoms with Gasteiger partial charge in [-0.3, -0.25) is 10.1 Å². The van der Waals surface area contributed by atoms with Gasteiger partial charge < -0.3 is 20.0 Å². The van der Waals surface area contributed by atoms with Crippen LogP contribution in [0.25, 0.3) is 0 Å². The molecular formula is C23H33N7O2. The topological polar surface area (TPSA) is 90.7 Å². The molecule has 0 saturated carbocycles. The van der Waals surface area contributed by atoms with Crippen LogP contribution in [0.5, 0.6) is 0 Å². The number of likely N-dealkylation sites (tertiary alicyclic amines) is 1. The Bertz CT molecular complexity index is 938. The average molecular weight is 440 g/mol. The molecule has 0 bridgehead atoms. The second-order valence-electron chi connectivity index (χ2n) is 8.67. The number of hydrogen-bond donors (Lipinski definition) is 1. The van der Waals surface area contributed by atoms with Crippen LogP contribution in [0.15, 0.2) is 24.5 Å². The molecule has 2 saturated heterocycles. The number of hydrogen-bond acceptors (Lipinski definition) is 8. The smallest absolute Gasteiger partial charge is 0.353 e. The first-order chi connectivity index (χ1) is 15.5. The zero-order chi connectivity index (χ0) is 22.5. The Morgan fingerprint density at radius 2 is 1.72 bits per heavy atom. The standard InChI is InChI=1S/C23H33N7O2/c1-18-7-6-8-20(19(18)2)28-13-15-29(16-14-28)23-21(30(31)32)22(25-17-26-23)24-9-12-27-10-4-3-5-11-27/h6-8,17H,3-5,9-16H2,1-2H3,(H,24,25,26). The number of nitro groups is 1. The van der Waals surface area contributed by atoms with Crippen molar-refractivity contribution in [3.8, 4) is 0 Å². The van der Waals surface area contributed by atoms with Gasteiger partial charge in [0.1, 0.15) is 6.33 Å². The van der Waals surface area contributed by atoms with Crippen molar-refractivity contribution >= 4 is 23.0 Å². The van der Waals surface area contributed by atoms with E-state index in [0.717, 1.165) is 32.7 Å². The molecule has 32 heavy (non-hydrogen) atoms. The predicted octanol–water partition coefficient (Wildman–Crippen LogP) is 3.23. The Morgan fingerprint density at radius 1 is 1.00 bits per heavy atom. The monoisotopic (exact) mass is 439 g/mol. The second-order valence-corrected chi connectivity index (χ2v) is 8.67. The van der Waals surface area contributed by atoms with E-state index < -0.39 is 0 Å². The largest absolute Gasteiger partial charge is 0.368 e. The first-order valence-corrected chi connectivity index (χ1v) is 11.6. The highest BCUT2D eigenvalue weighted by atomic mass is 16.6. The molecule has 0 unspecified atom stereocenters. The summed E-state index contributed by atoms with van der Waals surface area (Å²) in [5, 5.41) is 15.2. The van der Waals surface area contributed by atoms with Crippen molar-refractivity contribution in [2.75, 3.05) is 67.5 Å². The van der Waals surface area contributed by atoms with Crippen molar-refractivity contribution in [1.82, 2.24) is 14.9 Å². The highest BCUT2D eigenvalue weighted by molar-refractivity contribution is 5.71. The van der Waals surface area contributed by atoms with Crippen molar-refractivity contribution in [3.63, 3.8) is 0 Å². The number of anilines is 3. The molecule has 4 rings (SSSR count). The fourth-order valence-corrected chi connectivity index (χ4v) is 4.65. The van der Waals surface area contributed by atoms with E-state index in [1.807, 2.05) is 4.90 Å². The van der Waals surface area contributed by atoms with Gasteiger partial charge in [0.15, 0.2) is 0 Å². The van der Waals surface area contributed by atoms with Gasteiger partial charge in [-0.15, -0.1) is 0 Å². The second kappa shape index (κ2) is 10.1. The number of nitrogens with zero attached hydrogens (tertiary/aromatic N) is 6. The molecule has 0 amide bonds. The van der Waals surface area contributed by atoms with E-state index in [4.69, 9.17) is 0 Å². The summed E-state index contributed by atoms with van der Waals surface area (Å²) in [4.78, 5) is 26.9. The summed E-state index contributed by atoms with van der Waals surface area (Å²) in [6, 6.07) is 6.36. The minimum Gasteiger partial charge on any atom is -0.368 e. The fraction of sp³-hybridized carbons (Fsp3) is 0.565. The maximum absolute atomic E-state index is 12.0. The summed E-state index contributed by atoms with van der Waals surface area (Å²) in [6.07, 6.45) is 5.18. The van der Waals surface area contributed by atoms with Gasteiger partial charge in [-0.05, 0) is 57.0 Å². The molecular weight excluding hydrogens is 406 g/mol. The summed E-state index contributed by atoms with van der Waals surface area (Å²) < 4.78 is 0. The molecule has 2 aliphatic heterocycles. The minimum atomic E-state index is -0.352. The summed E-state index contributed by atoms with van der Waals surface area (Å²) in [5.74, 6) is 0.722. The number of piperazine rings is 1. The van der Waals surface area contributed by atoms with E-state index >= 15 is 0 Å². The van der Waals surface area contributed by atoms with Gasteiger partial charge in [0.2, 0.25) is 11.6 Å². The van der Waals surface area contributed by atoms with Gasteiger partial charge in [-0.2, -0.15) is 0 Å². The Labute approximate surface area is 189 Å². The van der Waals surface area contributed by atoms with Crippen LogP contribution >= 0.6 is 0 Å². The lowest BCUT2D eigenvalue weighted by Gasteiger charge is -2.37. The minimum absolute atomic E-state index is 0.0219. The van der Waals surface area contributed by atoms with Crippen molar-refractivity contribution < 1.29 is 4.92 Å². The molecule has 2 fully saturated rings. The van der Waals surface area contributed by atoms with Crippen molar-refractivity contribution in [1.29, 1.82) is 0 Å². The molecule has 2 aliphatic rings. The number of rotatable bonds is 7. The normalized spacial score (nSPS) is 17.4. The molecule has 1 N–H and O–H groups in total. The third kappa shape index (κ3) is 4.93. The van der Waals surface area contributed by atoms with Gasteiger partial charge in [-0.25, -0.2) is 9.97 Å². The number of aryl methyl sites for hydroxylation is 1. The van der Waals surface area contributed by atoms with Crippen molar-refractivity contribution in [2.45, 2.75) is 33.1 Å². The van der Waals surface area contributed by atoms with E-state index in [1.165, 1.54) is 42.4 Å². The van der Waals surface area contributed by atoms with Crippen molar-refractivity contribution in [2.24, 2.45) is 0 Å². The molecule has 3 heterocycles.